The number of halogens is 7. The van der Waals surface area contributed by atoms with Crippen molar-refractivity contribution in [3.05, 3.63) is 47.8 Å². The molecule has 1 aliphatic rings. The molecule has 0 fully saturated rings. The number of nitrogens with zero attached hydrogens (tertiary/aromatic N) is 1. The molecule has 0 radical (unpaired) electrons. The van der Waals surface area contributed by atoms with Gasteiger partial charge >= 0.3 is 6.18 Å². The Hall–Kier alpha value is -2.10. The van der Waals surface area contributed by atoms with E-state index in [1.807, 2.05) is 0 Å². The number of methoxy groups -OCH3 is 1. The molecule has 170 valence electrons. The van der Waals surface area contributed by atoms with Gasteiger partial charge in [0.2, 0.25) is 5.92 Å². The van der Waals surface area contributed by atoms with E-state index in [1.165, 1.54) is 23.1 Å². The number of anilines is 2. The van der Waals surface area contributed by atoms with E-state index in [2.05, 4.69) is 0 Å². The molecule has 0 saturated carbocycles. The molecule has 2 aromatic carbocycles. The Balaban J connectivity index is 2.13. The van der Waals surface area contributed by atoms with Crippen LogP contribution in [0.3, 0.4) is 0 Å². The van der Waals surface area contributed by atoms with E-state index in [4.69, 9.17) is 4.74 Å². The fraction of sp³-hybridized carbons (Fsp3) is 0.429. The zero-order valence-electron chi connectivity index (χ0n) is 16.6. The number of benzene rings is 2. The lowest BCUT2D eigenvalue weighted by molar-refractivity contribution is -0.138. The van der Waals surface area contributed by atoms with Crippen LogP contribution in [-0.4, -0.2) is 25.1 Å². The third kappa shape index (κ3) is 5.58. The molecule has 0 amide bonds. The number of fused-ring (bicyclic) bond motifs is 1. The lowest BCUT2D eigenvalue weighted by Gasteiger charge is -2.29. The van der Waals surface area contributed by atoms with Crippen molar-refractivity contribution < 1.29 is 35.5 Å². The van der Waals surface area contributed by atoms with Gasteiger partial charge in [-0.1, -0.05) is 17.8 Å². The van der Waals surface area contributed by atoms with Gasteiger partial charge < -0.3 is 9.64 Å². The molecular formula is C21H20F7NOS. The van der Waals surface area contributed by atoms with Crippen LogP contribution in [0.5, 0.6) is 5.75 Å². The fourth-order valence-electron chi connectivity index (χ4n) is 3.43. The number of hydrogen-bond acceptors (Lipinski definition) is 3. The molecule has 0 N–H and O–H groups in total. The lowest BCUT2D eigenvalue weighted by Crippen LogP contribution is -2.29. The van der Waals surface area contributed by atoms with Crippen molar-refractivity contribution in [3.8, 4) is 5.75 Å². The third-order valence-electron chi connectivity index (χ3n) is 4.98. The van der Waals surface area contributed by atoms with Crippen LogP contribution >= 0.6 is 11.8 Å². The Bertz CT molecular complexity index is 929. The van der Waals surface area contributed by atoms with Gasteiger partial charge in [-0.25, -0.2) is 17.6 Å². The lowest BCUT2D eigenvalue weighted by atomic mass is 10.00. The minimum Gasteiger partial charge on any atom is -0.496 e. The van der Waals surface area contributed by atoms with Crippen LogP contribution in [0.4, 0.5) is 42.1 Å². The van der Waals surface area contributed by atoms with E-state index in [1.54, 1.807) is 0 Å². The quantitative estimate of drug-likeness (QED) is 0.424. The van der Waals surface area contributed by atoms with Gasteiger partial charge in [0, 0.05) is 29.5 Å². The van der Waals surface area contributed by atoms with Crippen LogP contribution in [0, 0.1) is 11.7 Å². The zero-order chi connectivity index (χ0) is 23.0. The predicted octanol–water partition coefficient (Wildman–Crippen LogP) is 7.44. The van der Waals surface area contributed by atoms with Crippen molar-refractivity contribution in [3.63, 3.8) is 0 Å². The van der Waals surface area contributed by atoms with Gasteiger partial charge in [0.15, 0.2) is 5.50 Å². The highest BCUT2D eigenvalue weighted by atomic mass is 32.2. The molecule has 0 bridgehead atoms. The normalized spacial score (nSPS) is 19.7. The Morgan fingerprint density at radius 2 is 1.84 bits per heavy atom. The second-order valence-corrected chi connectivity index (χ2v) is 8.57. The maximum Gasteiger partial charge on any atom is 0.420 e. The van der Waals surface area contributed by atoms with Gasteiger partial charge in [-0.15, -0.1) is 0 Å². The Morgan fingerprint density at radius 3 is 2.42 bits per heavy atom. The highest BCUT2D eigenvalue weighted by Crippen LogP contribution is 2.49. The number of thioether (sulfide) groups is 1. The van der Waals surface area contributed by atoms with Crippen LogP contribution in [0.15, 0.2) is 41.3 Å². The van der Waals surface area contributed by atoms with Crippen LogP contribution in [-0.2, 0) is 6.18 Å². The van der Waals surface area contributed by atoms with Crippen molar-refractivity contribution in [2.75, 3.05) is 18.6 Å². The zero-order valence-corrected chi connectivity index (χ0v) is 17.5. The van der Waals surface area contributed by atoms with Crippen LogP contribution in [0.1, 0.15) is 25.3 Å². The average molecular weight is 467 g/mol. The topological polar surface area (TPSA) is 12.5 Å². The molecule has 1 heterocycles. The first-order chi connectivity index (χ1) is 14.4. The number of alkyl halides is 6. The summed E-state index contributed by atoms with van der Waals surface area (Å²) < 4.78 is 101. The van der Waals surface area contributed by atoms with Crippen LogP contribution < -0.4 is 9.64 Å². The van der Waals surface area contributed by atoms with Gasteiger partial charge in [-0.2, -0.15) is 13.2 Å². The van der Waals surface area contributed by atoms with Crippen molar-refractivity contribution in [1.82, 2.24) is 0 Å². The second kappa shape index (κ2) is 8.80. The standard InChI is InChI=1S/C21H20F7NOS/c1-20(24,25)7-6-12-11-29(14-5-3-4-13(22)8-14)16-9-15(21(26,27)28)17(30-2)10-18(16)31-19(12)23/h3-5,8-10,12,19H,6-7,11H2,1-2H3. The molecule has 31 heavy (non-hydrogen) atoms. The predicted molar refractivity (Wildman–Crippen MR) is 106 cm³/mol. The second-order valence-electron chi connectivity index (χ2n) is 7.45. The summed E-state index contributed by atoms with van der Waals surface area (Å²) >= 11 is 0.649. The first-order valence-electron chi connectivity index (χ1n) is 9.40. The summed E-state index contributed by atoms with van der Waals surface area (Å²) in [5.41, 5.74) is -2.51. The molecule has 0 aromatic heterocycles. The molecule has 0 spiro atoms. The molecule has 1 aliphatic heterocycles. The van der Waals surface area contributed by atoms with E-state index in [0.717, 1.165) is 32.2 Å². The van der Waals surface area contributed by atoms with Crippen molar-refractivity contribution in [2.24, 2.45) is 5.92 Å². The molecule has 10 heteroatoms. The summed E-state index contributed by atoms with van der Waals surface area (Å²) in [7, 11) is 1.07. The van der Waals surface area contributed by atoms with Gasteiger partial charge in [0.05, 0.1) is 18.4 Å². The third-order valence-corrected chi connectivity index (χ3v) is 6.17. The molecule has 2 aromatic rings. The maximum atomic E-state index is 15.1. The molecule has 2 nitrogen and oxygen atoms in total. The molecule has 0 saturated heterocycles. The van der Waals surface area contributed by atoms with E-state index in [-0.39, 0.29) is 29.2 Å². The summed E-state index contributed by atoms with van der Waals surface area (Å²) in [5.74, 6) is -5.05. The fourth-order valence-corrected chi connectivity index (χ4v) is 4.55. The van der Waals surface area contributed by atoms with Crippen molar-refractivity contribution >= 4 is 23.1 Å². The highest BCUT2D eigenvalue weighted by Gasteiger charge is 2.39. The van der Waals surface area contributed by atoms with Crippen LogP contribution in [0.25, 0.3) is 0 Å². The molecular weight excluding hydrogens is 447 g/mol. The molecule has 2 atom stereocenters. The van der Waals surface area contributed by atoms with E-state index < -0.39 is 47.1 Å². The van der Waals surface area contributed by atoms with Gasteiger partial charge in [-0.05, 0) is 43.7 Å². The Kier molecular flexibility index (Phi) is 6.69. The summed E-state index contributed by atoms with van der Waals surface area (Å²) in [5, 5.41) is 0. The summed E-state index contributed by atoms with van der Waals surface area (Å²) in [6, 6.07) is 7.03. The molecule has 0 aliphatic carbocycles. The summed E-state index contributed by atoms with van der Waals surface area (Å²) in [6.07, 6.45) is -5.52. The first kappa shape index (κ1) is 23.6. The Labute approximate surface area is 179 Å². The van der Waals surface area contributed by atoms with Crippen LogP contribution in [0.2, 0.25) is 0 Å². The molecule has 2 unspecified atom stereocenters. The van der Waals surface area contributed by atoms with E-state index in [9.17, 15) is 26.3 Å². The molecule has 3 rings (SSSR count). The van der Waals surface area contributed by atoms with Gasteiger partial charge in [0.25, 0.3) is 0 Å². The Morgan fingerprint density at radius 1 is 1.13 bits per heavy atom. The van der Waals surface area contributed by atoms with Crippen molar-refractivity contribution in [2.45, 2.75) is 42.3 Å². The minimum atomic E-state index is -4.75. The number of ether oxygens (including phenoxy) is 1. The van der Waals surface area contributed by atoms with E-state index >= 15 is 4.39 Å². The SMILES string of the molecule is COc1cc2c(cc1C(F)(F)F)N(c1cccc(F)c1)CC(CCC(C)(F)F)C(F)S2. The first-order valence-corrected chi connectivity index (χ1v) is 10.3. The number of rotatable bonds is 5. The van der Waals surface area contributed by atoms with E-state index in [0.29, 0.717) is 11.8 Å². The smallest absolute Gasteiger partial charge is 0.420 e. The van der Waals surface area contributed by atoms with Crippen molar-refractivity contribution in [1.29, 1.82) is 0 Å². The summed E-state index contributed by atoms with van der Waals surface area (Å²) in [4.78, 5) is 1.49. The number of hydrogen-bond donors (Lipinski definition) is 0. The highest BCUT2D eigenvalue weighted by molar-refractivity contribution is 8.00. The van der Waals surface area contributed by atoms with Gasteiger partial charge in [-0.3, -0.25) is 0 Å². The minimum absolute atomic E-state index is 0.0112. The summed E-state index contributed by atoms with van der Waals surface area (Å²) in [6.45, 7) is 0.536. The maximum absolute atomic E-state index is 15.1. The average Bonchev–Trinajstić information content (AvgIpc) is 2.79. The monoisotopic (exact) mass is 467 g/mol. The van der Waals surface area contributed by atoms with Gasteiger partial charge in [0.1, 0.15) is 11.6 Å². The largest absolute Gasteiger partial charge is 0.496 e.